The summed E-state index contributed by atoms with van der Waals surface area (Å²) in [5.41, 5.74) is -4.66. The third-order valence-corrected chi connectivity index (χ3v) is 7.00. The number of nitrogens with one attached hydrogen (secondary N) is 2. The van der Waals surface area contributed by atoms with E-state index in [0.717, 1.165) is 19.2 Å². The molecule has 37 heavy (non-hydrogen) atoms. The third kappa shape index (κ3) is 5.38. The van der Waals surface area contributed by atoms with Crippen molar-refractivity contribution in [1.29, 1.82) is 4.78 Å². The van der Waals surface area contributed by atoms with Gasteiger partial charge in [0.25, 0.3) is 17.7 Å². The van der Waals surface area contributed by atoms with Crippen molar-refractivity contribution in [2.45, 2.75) is 42.9 Å². The minimum Gasteiger partial charge on any atom is -0.432 e. The van der Waals surface area contributed by atoms with E-state index in [4.69, 9.17) is 9.52 Å². The van der Waals surface area contributed by atoms with Crippen molar-refractivity contribution in [2.24, 2.45) is 0 Å². The van der Waals surface area contributed by atoms with Gasteiger partial charge >= 0.3 is 6.18 Å². The van der Waals surface area contributed by atoms with Gasteiger partial charge in [0.2, 0.25) is 0 Å². The molecule has 3 aromatic rings. The molecule has 4 rings (SSSR count). The van der Waals surface area contributed by atoms with Gasteiger partial charge in [0.05, 0.1) is 15.4 Å². The van der Waals surface area contributed by atoms with Crippen LogP contribution in [0, 0.1) is 17.7 Å². The molecule has 1 aromatic carbocycles. The Hall–Kier alpha value is -3.68. The van der Waals surface area contributed by atoms with Crippen LogP contribution in [0.4, 0.5) is 27.6 Å². The van der Waals surface area contributed by atoms with E-state index in [2.05, 4.69) is 20.5 Å². The predicted molar refractivity (Wildman–Crippen MR) is 122 cm³/mol. The zero-order valence-electron chi connectivity index (χ0n) is 19.4. The second kappa shape index (κ2) is 9.32. The second-order valence-corrected chi connectivity index (χ2v) is 10.7. The van der Waals surface area contributed by atoms with E-state index in [0.29, 0.717) is 6.42 Å². The van der Waals surface area contributed by atoms with Crippen LogP contribution in [0.2, 0.25) is 0 Å². The number of anilines is 1. The summed E-state index contributed by atoms with van der Waals surface area (Å²) in [7, 11) is -3.15. The quantitative estimate of drug-likeness (QED) is 0.302. The lowest BCUT2D eigenvalue weighted by Crippen LogP contribution is -2.30. The van der Waals surface area contributed by atoms with Crippen molar-refractivity contribution in [3.8, 4) is 11.6 Å². The maximum Gasteiger partial charge on any atom is 0.435 e. The molecule has 1 aliphatic carbocycles. The fourth-order valence-corrected chi connectivity index (χ4v) is 4.40. The fraction of sp³-hybridized carbons (Fsp3) is 0.304. The lowest BCUT2D eigenvalue weighted by molar-refractivity contribution is -0.142. The SMILES string of the molecule is Cc1c(C(F)(F)F)nnc(Oc2ccc(C3(F)CCC3)nc2F)c1C(=O)Nc1cccc(S(C)(=N)=O)c1. The normalized spacial score (nSPS) is 16.4. The van der Waals surface area contributed by atoms with E-state index < -0.39 is 61.9 Å². The Morgan fingerprint density at radius 1 is 1.19 bits per heavy atom. The molecule has 2 aromatic heterocycles. The van der Waals surface area contributed by atoms with Crippen molar-refractivity contribution >= 4 is 21.3 Å². The smallest absolute Gasteiger partial charge is 0.432 e. The van der Waals surface area contributed by atoms with Gasteiger partial charge in [-0.15, -0.1) is 10.2 Å². The molecule has 0 spiro atoms. The first-order valence-electron chi connectivity index (χ1n) is 10.8. The highest BCUT2D eigenvalue weighted by molar-refractivity contribution is 7.91. The molecule has 1 amide bonds. The minimum absolute atomic E-state index is 0.0333. The van der Waals surface area contributed by atoms with Crippen LogP contribution in [0.1, 0.15) is 46.6 Å². The van der Waals surface area contributed by atoms with Gasteiger partial charge in [0.15, 0.2) is 17.1 Å². The number of pyridine rings is 1. The van der Waals surface area contributed by atoms with Crippen LogP contribution < -0.4 is 10.1 Å². The van der Waals surface area contributed by atoms with Crippen LogP contribution in [0.3, 0.4) is 0 Å². The molecule has 8 nitrogen and oxygen atoms in total. The highest BCUT2D eigenvalue weighted by Gasteiger charge is 2.41. The van der Waals surface area contributed by atoms with Gasteiger partial charge in [0, 0.05) is 16.8 Å². The molecular weight excluding hydrogens is 521 g/mol. The maximum absolute atomic E-state index is 14.7. The number of nitrogens with zero attached hydrogens (tertiary/aromatic N) is 3. The Kier molecular flexibility index (Phi) is 6.65. The zero-order valence-corrected chi connectivity index (χ0v) is 20.3. The van der Waals surface area contributed by atoms with Gasteiger partial charge in [-0.1, -0.05) is 6.07 Å². The van der Waals surface area contributed by atoms with E-state index in [1.807, 2.05) is 0 Å². The second-order valence-electron chi connectivity index (χ2n) is 8.58. The summed E-state index contributed by atoms with van der Waals surface area (Å²) in [4.78, 5) is 16.8. The number of alkyl halides is 4. The summed E-state index contributed by atoms with van der Waals surface area (Å²) in [6, 6.07) is 7.64. The zero-order chi connectivity index (χ0) is 27.2. The average Bonchev–Trinajstić information content (AvgIpc) is 2.77. The van der Waals surface area contributed by atoms with Gasteiger partial charge in [-0.05, 0) is 62.1 Å². The lowest BCUT2D eigenvalue weighted by atomic mass is 9.79. The molecule has 1 aliphatic rings. The number of rotatable bonds is 6. The molecule has 196 valence electrons. The molecule has 1 atom stereocenters. The van der Waals surface area contributed by atoms with Crippen LogP contribution in [0.15, 0.2) is 41.3 Å². The molecule has 0 aliphatic heterocycles. The van der Waals surface area contributed by atoms with Gasteiger partial charge in [0.1, 0.15) is 5.56 Å². The Morgan fingerprint density at radius 3 is 2.46 bits per heavy atom. The largest absolute Gasteiger partial charge is 0.435 e. The van der Waals surface area contributed by atoms with Gasteiger partial charge in [-0.25, -0.2) is 18.4 Å². The van der Waals surface area contributed by atoms with Crippen LogP contribution in [0.5, 0.6) is 11.6 Å². The van der Waals surface area contributed by atoms with E-state index in [-0.39, 0.29) is 29.1 Å². The number of carbonyl (C=O) groups is 1. The Bertz CT molecular complexity index is 1490. The van der Waals surface area contributed by atoms with Crippen molar-refractivity contribution in [3.63, 3.8) is 0 Å². The molecule has 2 heterocycles. The number of halogens is 5. The van der Waals surface area contributed by atoms with Gasteiger partial charge in [-0.3, -0.25) is 4.79 Å². The predicted octanol–water partition coefficient (Wildman–Crippen LogP) is 5.77. The number of hydrogen-bond donors (Lipinski definition) is 2. The molecule has 0 bridgehead atoms. The minimum atomic E-state index is -4.96. The third-order valence-electron chi connectivity index (χ3n) is 5.85. The summed E-state index contributed by atoms with van der Waals surface area (Å²) >= 11 is 0. The highest BCUT2D eigenvalue weighted by Crippen LogP contribution is 2.45. The monoisotopic (exact) mass is 541 g/mol. The molecule has 2 N–H and O–H groups in total. The van der Waals surface area contributed by atoms with Gasteiger partial charge in [-0.2, -0.15) is 17.6 Å². The summed E-state index contributed by atoms with van der Waals surface area (Å²) in [5, 5.41) is 8.82. The van der Waals surface area contributed by atoms with Crippen molar-refractivity contribution in [2.75, 3.05) is 11.6 Å². The van der Waals surface area contributed by atoms with Crippen LogP contribution in [-0.2, 0) is 21.6 Å². The lowest BCUT2D eigenvalue weighted by Gasteiger charge is -2.33. The number of ether oxygens (including phenoxy) is 1. The molecule has 1 fully saturated rings. The van der Waals surface area contributed by atoms with Crippen LogP contribution in [-0.4, -0.2) is 31.6 Å². The standard InChI is InChI=1S/C23H20F5N5O3S/c1-12-17(20(34)30-13-5-3-6-14(11-13)37(2,29)35)21(33-32-18(12)23(26,27)28)36-15-7-8-16(31-19(15)24)22(25)9-4-10-22/h3,5-8,11,29H,4,9-10H2,1-2H3,(H,30,34). The summed E-state index contributed by atoms with van der Waals surface area (Å²) in [6.45, 7) is 0.972. The molecule has 1 unspecified atom stereocenters. The van der Waals surface area contributed by atoms with Crippen molar-refractivity contribution in [3.05, 3.63) is 64.9 Å². The number of carbonyl (C=O) groups excluding carboxylic acids is 1. The van der Waals surface area contributed by atoms with Crippen LogP contribution >= 0.6 is 0 Å². The summed E-state index contributed by atoms with van der Waals surface area (Å²) < 4.78 is 94.7. The number of amides is 1. The average molecular weight is 542 g/mol. The topological polar surface area (TPSA) is 118 Å². The summed E-state index contributed by atoms with van der Waals surface area (Å²) in [6.07, 6.45) is -2.81. The highest BCUT2D eigenvalue weighted by atomic mass is 32.2. The molecule has 0 radical (unpaired) electrons. The first-order chi connectivity index (χ1) is 17.2. The van der Waals surface area contributed by atoms with E-state index in [1.54, 1.807) is 0 Å². The number of aromatic nitrogens is 3. The molecular formula is C23H20F5N5O3S. The van der Waals surface area contributed by atoms with Crippen LogP contribution in [0.25, 0.3) is 0 Å². The first kappa shape index (κ1) is 26.4. The van der Waals surface area contributed by atoms with Crippen molar-refractivity contribution in [1.82, 2.24) is 15.2 Å². The molecule has 14 heteroatoms. The van der Waals surface area contributed by atoms with Crippen molar-refractivity contribution < 1.29 is 35.7 Å². The van der Waals surface area contributed by atoms with E-state index in [1.165, 1.54) is 30.3 Å². The van der Waals surface area contributed by atoms with E-state index in [9.17, 15) is 31.0 Å². The van der Waals surface area contributed by atoms with E-state index >= 15 is 0 Å². The fourth-order valence-electron chi connectivity index (χ4n) is 3.71. The van der Waals surface area contributed by atoms with Gasteiger partial charge < -0.3 is 10.1 Å². The number of benzene rings is 1. The molecule has 1 saturated carbocycles. The first-order valence-corrected chi connectivity index (χ1v) is 12.8. The number of hydrogen-bond acceptors (Lipinski definition) is 7. The Balaban J connectivity index is 1.73. The summed E-state index contributed by atoms with van der Waals surface area (Å²) in [5.74, 6) is -3.70. The Morgan fingerprint density at radius 2 is 1.89 bits per heavy atom. The Labute approximate surface area is 208 Å². The molecule has 0 saturated heterocycles. The maximum atomic E-state index is 14.7.